The topological polar surface area (TPSA) is 42.1 Å². The number of H-pyrrole nitrogens is 1. The van der Waals surface area contributed by atoms with Gasteiger partial charge >= 0.3 is 5.97 Å². The van der Waals surface area contributed by atoms with Crippen molar-refractivity contribution in [1.82, 2.24) is 4.98 Å². The Morgan fingerprint density at radius 1 is 1.33 bits per heavy atom. The fourth-order valence-corrected chi connectivity index (χ4v) is 2.11. The highest BCUT2D eigenvalue weighted by Gasteiger charge is 2.14. The lowest BCUT2D eigenvalue weighted by atomic mass is 10.2. The van der Waals surface area contributed by atoms with Crippen LogP contribution in [-0.4, -0.2) is 11.0 Å². The molecule has 0 bridgehead atoms. The second-order valence-corrected chi connectivity index (χ2v) is 4.62. The van der Waals surface area contributed by atoms with Crippen molar-refractivity contribution in [2.24, 2.45) is 0 Å². The zero-order chi connectivity index (χ0) is 13.0. The lowest BCUT2D eigenvalue weighted by molar-refractivity contribution is -0.134. The summed E-state index contributed by atoms with van der Waals surface area (Å²) in [6.07, 6.45) is 3.41. The smallest absolute Gasteiger partial charge is 0.311 e. The Morgan fingerprint density at radius 3 is 2.89 bits per heavy atom. The van der Waals surface area contributed by atoms with Crippen LogP contribution in [0.4, 0.5) is 0 Å². The molecule has 1 heterocycles. The number of esters is 1. The summed E-state index contributed by atoms with van der Waals surface area (Å²) in [5.74, 6) is 0.212. The fraction of sp³-hybridized carbons (Fsp3) is 0.357. The van der Waals surface area contributed by atoms with E-state index in [9.17, 15) is 4.79 Å². The standard InChI is InChI=1S/C14H16ClNO2/c1-2-3-4-9-12(17)18-13-10-7-5-6-8-11(10)16-14(13)15/h5-8,16H,2-4,9H2,1H3. The van der Waals surface area contributed by atoms with Crippen molar-refractivity contribution in [1.29, 1.82) is 0 Å². The maximum Gasteiger partial charge on any atom is 0.311 e. The average molecular weight is 266 g/mol. The van der Waals surface area contributed by atoms with Crippen molar-refractivity contribution in [2.75, 3.05) is 0 Å². The molecular weight excluding hydrogens is 250 g/mol. The molecule has 1 N–H and O–H groups in total. The predicted octanol–water partition coefficient (Wildman–Crippen LogP) is 4.31. The first-order valence-electron chi connectivity index (χ1n) is 6.19. The minimum absolute atomic E-state index is 0.227. The maximum atomic E-state index is 11.7. The lowest BCUT2D eigenvalue weighted by Crippen LogP contribution is -2.07. The summed E-state index contributed by atoms with van der Waals surface area (Å²) in [4.78, 5) is 14.7. The summed E-state index contributed by atoms with van der Waals surface area (Å²) >= 11 is 6.04. The van der Waals surface area contributed by atoms with Crippen molar-refractivity contribution in [3.63, 3.8) is 0 Å². The SMILES string of the molecule is CCCCCC(=O)Oc1c(Cl)[nH]c2ccccc12. The molecule has 0 aliphatic heterocycles. The van der Waals surface area contributed by atoms with Crippen molar-refractivity contribution >= 4 is 28.5 Å². The Bertz CT molecular complexity index is 548. The van der Waals surface area contributed by atoms with Gasteiger partial charge in [-0.15, -0.1) is 0 Å². The summed E-state index contributed by atoms with van der Waals surface area (Å²) in [7, 11) is 0. The average Bonchev–Trinajstić information content (AvgIpc) is 2.67. The molecule has 2 rings (SSSR count). The molecule has 0 fully saturated rings. The lowest BCUT2D eigenvalue weighted by Gasteiger charge is -2.03. The van der Waals surface area contributed by atoms with Crippen LogP contribution in [0, 0.1) is 0 Å². The number of ether oxygens (including phenoxy) is 1. The van der Waals surface area contributed by atoms with Gasteiger partial charge in [0, 0.05) is 11.8 Å². The Morgan fingerprint density at radius 2 is 2.11 bits per heavy atom. The summed E-state index contributed by atoms with van der Waals surface area (Å²) in [5.41, 5.74) is 0.874. The fourth-order valence-electron chi connectivity index (χ4n) is 1.87. The van der Waals surface area contributed by atoms with E-state index in [-0.39, 0.29) is 5.97 Å². The Hall–Kier alpha value is -1.48. The maximum absolute atomic E-state index is 11.7. The minimum atomic E-state index is -0.227. The van der Waals surface area contributed by atoms with Crippen LogP contribution < -0.4 is 4.74 Å². The molecule has 0 radical (unpaired) electrons. The number of carbonyl (C=O) groups excluding carboxylic acids is 1. The van der Waals surface area contributed by atoms with Gasteiger partial charge in [-0.3, -0.25) is 4.79 Å². The molecule has 4 heteroatoms. The normalized spacial score (nSPS) is 10.8. The quantitative estimate of drug-likeness (QED) is 0.647. The van der Waals surface area contributed by atoms with Gasteiger partial charge in [-0.05, 0) is 18.6 Å². The minimum Gasteiger partial charge on any atom is -0.423 e. The summed E-state index contributed by atoms with van der Waals surface area (Å²) < 4.78 is 5.34. The van der Waals surface area contributed by atoms with Crippen molar-refractivity contribution in [2.45, 2.75) is 32.6 Å². The third-order valence-electron chi connectivity index (χ3n) is 2.82. The number of aromatic nitrogens is 1. The first-order chi connectivity index (χ1) is 8.72. The van der Waals surface area contributed by atoms with Gasteiger partial charge in [-0.2, -0.15) is 0 Å². The molecule has 18 heavy (non-hydrogen) atoms. The van der Waals surface area contributed by atoms with Gasteiger partial charge in [0.25, 0.3) is 0 Å². The molecule has 0 unspecified atom stereocenters. The number of hydrogen-bond acceptors (Lipinski definition) is 2. The Kier molecular flexibility index (Phi) is 4.26. The van der Waals surface area contributed by atoms with Crippen LogP contribution in [0.15, 0.2) is 24.3 Å². The highest BCUT2D eigenvalue weighted by Crippen LogP contribution is 2.33. The zero-order valence-electron chi connectivity index (χ0n) is 10.3. The second-order valence-electron chi connectivity index (χ2n) is 4.24. The largest absolute Gasteiger partial charge is 0.423 e. The molecule has 96 valence electrons. The molecule has 0 atom stereocenters. The molecule has 0 aliphatic carbocycles. The number of carbonyl (C=O) groups is 1. The van der Waals surface area contributed by atoms with E-state index in [1.165, 1.54) is 0 Å². The highest BCUT2D eigenvalue weighted by molar-refractivity contribution is 6.32. The van der Waals surface area contributed by atoms with Gasteiger partial charge < -0.3 is 9.72 Å². The number of rotatable bonds is 5. The molecular formula is C14H16ClNO2. The third-order valence-corrected chi connectivity index (χ3v) is 3.08. The van der Waals surface area contributed by atoms with Gasteiger partial charge in [-0.1, -0.05) is 43.5 Å². The predicted molar refractivity (Wildman–Crippen MR) is 73.1 cm³/mol. The number of fused-ring (bicyclic) bond motifs is 1. The van der Waals surface area contributed by atoms with E-state index >= 15 is 0 Å². The number of aromatic amines is 1. The van der Waals surface area contributed by atoms with Crippen LogP contribution in [0.2, 0.25) is 5.15 Å². The summed E-state index contributed by atoms with van der Waals surface area (Å²) in [5, 5.41) is 1.21. The monoisotopic (exact) mass is 265 g/mol. The molecule has 0 aliphatic rings. The highest BCUT2D eigenvalue weighted by atomic mass is 35.5. The molecule has 0 spiro atoms. The van der Waals surface area contributed by atoms with Crippen LogP contribution in [0.1, 0.15) is 32.6 Å². The van der Waals surface area contributed by atoms with E-state index in [0.717, 1.165) is 30.2 Å². The van der Waals surface area contributed by atoms with Crippen LogP contribution >= 0.6 is 11.6 Å². The van der Waals surface area contributed by atoms with Crippen LogP contribution in [-0.2, 0) is 4.79 Å². The molecule has 0 saturated heterocycles. The van der Waals surface area contributed by atoms with E-state index in [0.29, 0.717) is 17.3 Å². The van der Waals surface area contributed by atoms with Crippen molar-refractivity contribution < 1.29 is 9.53 Å². The van der Waals surface area contributed by atoms with Crippen LogP contribution in [0.5, 0.6) is 5.75 Å². The van der Waals surface area contributed by atoms with E-state index in [1.807, 2.05) is 24.3 Å². The number of hydrogen-bond donors (Lipinski definition) is 1. The van der Waals surface area contributed by atoms with E-state index in [2.05, 4.69) is 11.9 Å². The van der Waals surface area contributed by atoms with Crippen LogP contribution in [0.25, 0.3) is 10.9 Å². The molecule has 1 aromatic heterocycles. The van der Waals surface area contributed by atoms with Crippen molar-refractivity contribution in [3.05, 3.63) is 29.4 Å². The van der Waals surface area contributed by atoms with Crippen molar-refractivity contribution in [3.8, 4) is 5.75 Å². The van der Waals surface area contributed by atoms with Gasteiger partial charge in [0.2, 0.25) is 0 Å². The molecule has 0 saturated carbocycles. The first-order valence-corrected chi connectivity index (χ1v) is 6.57. The van der Waals surface area contributed by atoms with E-state index < -0.39 is 0 Å². The summed E-state index contributed by atoms with van der Waals surface area (Å²) in [6, 6.07) is 7.57. The van der Waals surface area contributed by atoms with Gasteiger partial charge in [0.05, 0.1) is 5.52 Å². The van der Waals surface area contributed by atoms with Gasteiger partial charge in [0.1, 0.15) is 0 Å². The number of benzene rings is 1. The van der Waals surface area contributed by atoms with E-state index in [4.69, 9.17) is 16.3 Å². The third kappa shape index (κ3) is 2.85. The van der Waals surface area contributed by atoms with Gasteiger partial charge in [-0.25, -0.2) is 0 Å². The molecule has 2 aromatic rings. The Labute approximate surface area is 111 Å². The number of unbranched alkanes of at least 4 members (excludes halogenated alkanes) is 2. The Balaban J connectivity index is 2.11. The number of para-hydroxylation sites is 1. The van der Waals surface area contributed by atoms with E-state index in [1.54, 1.807) is 0 Å². The number of nitrogens with one attached hydrogen (secondary N) is 1. The van der Waals surface area contributed by atoms with Gasteiger partial charge in [0.15, 0.2) is 10.9 Å². The second kappa shape index (κ2) is 5.91. The summed E-state index contributed by atoms with van der Waals surface area (Å²) in [6.45, 7) is 2.10. The molecule has 1 aromatic carbocycles. The van der Waals surface area contributed by atoms with Crippen LogP contribution in [0.3, 0.4) is 0 Å². The molecule has 3 nitrogen and oxygen atoms in total. The first kappa shape index (κ1) is 13.0. The zero-order valence-corrected chi connectivity index (χ0v) is 11.1. The molecule has 0 amide bonds. The number of halogens is 1.